The maximum absolute atomic E-state index is 7.14. The molecule has 0 unspecified atom stereocenters. The van der Waals surface area contributed by atoms with Gasteiger partial charge in [0.05, 0.1) is 0 Å². The first-order chi connectivity index (χ1) is 1.00. The molecule has 0 aliphatic carbocycles. The second kappa shape index (κ2) is 47.7. The average molecular weight is 218 g/mol. The second-order valence-corrected chi connectivity index (χ2v) is 0. The van der Waals surface area contributed by atoms with Crippen LogP contribution in [0.2, 0.25) is 0 Å². The zero-order valence-electron chi connectivity index (χ0n) is 3.95. The summed E-state index contributed by atoms with van der Waals surface area (Å²) in [5, 5.41) is 0. The molecule has 0 saturated heterocycles. The monoisotopic (exact) mass is 218 g/mol. The minimum absolute atomic E-state index is 0. The molecule has 34 valence electrons. The van der Waals surface area contributed by atoms with Gasteiger partial charge in [0.1, 0.15) is 10.5 Å². The van der Waals surface area contributed by atoms with Crippen molar-refractivity contribution in [2.75, 3.05) is 0 Å². The molecule has 0 aromatic rings. The van der Waals surface area contributed by atoms with Crippen LogP contribution in [-0.4, -0.2) is 15.3 Å². The van der Waals surface area contributed by atoms with Gasteiger partial charge in [-0.05, 0) is 0 Å². The van der Waals surface area contributed by atoms with Gasteiger partial charge in [-0.15, -0.1) is 0 Å². The van der Waals surface area contributed by atoms with E-state index in [1.54, 1.807) is 0 Å². The first-order valence-corrected chi connectivity index (χ1v) is 1.34. The minimum atomic E-state index is 0. The van der Waals surface area contributed by atoms with Crippen LogP contribution in [0, 0.1) is 56.6 Å². The van der Waals surface area contributed by atoms with E-state index in [1.807, 2.05) is 0 Å². The van der Waals surface area contributed by atoms with E-state index in [0.717, 1.165) is 0 Å². The molecule has 5 heavy (non-hydrogen) atoms. The van der Waals surface area contributed by atoms with Crippen LogP contribution in [0.15, 0.2) is 0 Å². The fourth-order valence-electron chi connectivity index (χ4n) is 0. The van der Waals surface area contributed by atoms with Crippen molar-refractivity contribution in [2.24, 2.45) is 0 Å². The van der Waals surface area contributed by atoms with Gasteiger partial charge in [0, 0.05) is 41.7 Å². The molecule has 1 nitrogen and oxygen atoms in total. The van der Waals surface area contributed by atoms with Crippen LogP contribution >= 0.6 is 0 Å². The Bertz CT molecular complexity index is 9.61. The van der Waals surface area contributed by atoms with Gasteiger partial charge in [-0.2, -0.15) is 0 Å². The third-order valence-electron chi connectivity index (χ3n) is 0. The number of rotatable bonds is 0. The molecule has 0 aromatic carbocycles. The summed E-state index contributed by atoms with van der Waals surface area (Å²) in [6.07, 6.45) is 0. The van der Waals surface area contributed by atoms with Crippen LogP contribution in [0.3, 0.4) is 0 Å². The normalized spacial score (nSPS) is 1.80. The Morgan fingerprint density at radius 2 is 1.00 bits per heavy atom. The summed E-state index contributed by atoms with van der Waals surface area (Å²) in [6, 6.07) is 0. The van der Waals surface area contributed by atoms with Gasteiger partial charge in [-0.3, -0.25) is 0 Å². The van der Waals surface area contributed by atoms with E-state index >= 15 is 0 Å². The van der Waals surface area contributed by atoms with Gasteiger partial charge in [0.15, 0.2) is 0 Å². The Hall–Kier alpha value is 1.55. The summed E-state index contributed by atoms with van der Waals surface area (Å²) >= 11 is 0. The predicted octanol–water partition coefficient (Wildman–Crippen LogP) is -0.840. The molecular formula is C2H10CeOSi-2. The van der Waals surface area contributed by atoms with E-state index in [1.165, 1.54) is 0 Å². The smallest absolute Gasteiger partial charge is 0.141 e. The van der Waals surface area contributed by atoms with E-state index in [2.05, 4.69) is 0 Å². The fourth-order valence-corrected chi connectivity index (χ4v) is 0. The SMILES string of the molecule is O[SiH3].[CH3-].[CH3-].[Ce]. The Kier molecular flexibility index (Phi) is 296. The topological polar surface area (TPSA) is 20.2 Å². The summed E-state index contributed by atoms with van der Waals surface area (Å²) in [5.74, 6) is 0. The molecule has 0 spiro atoms. The van der Waals surface area contributed by atoms with Gasteiger partial charge in [0.25, 0.3) is 0 Å². The van der Waals surface area contributed by atoms with E-state index in [-0.39, 0.29) is 56.6 Å². The van der Waals surface area contributed by atoms with Crippen molar-refractivity contribution in [3.05, 3.63) is 14.9 Å². The summed E-state index contributed by atoms with van der Waals surface area (Å²) in [5.41, 5.74) is 0. The zero-order valence-corrected chi connectivity index (χ0v) is 9.09. The van der Waals surface area contributed by atoms with Crippen LogP contribution in [0.5, 0.6) is 0 Å². The number of hydrogen-bond donors (Lipinski definition) is 1. The summed E-state index contributed by atoms with van der Waals surface area (Å²) in [4.78, 5) is 7.14. The summed E-state index contributed by atoms with van der Waals surface area (Å²) in [7, 11) is 0.306. The van der Waals surface area contributed by atoms with Crippen molar-refractivity contribution >= 4 is 10.5 Å². The van der Waals surface area contributed by atoms with Crippen LogP contribution in [0.1, 0.15) is 0 Å². The predicted molar refractivity (Wildman–Crippen MR) is 25.0 cm³/mol. The Labute approximate surface area is 71.1 Å². The van der Waals surface area contributed by atoms with Gasteiger partial charge in [-0.25, -0.2) is 0 Å². The molecule has 0 aliphatic rings. The fraction of sp³-hybridized carbons (Fsp3) is 0. The molecule has 1 N–H and O–H groups in total. The van der Waals surface area contributed by atoms with E-state index in [9.17, 15) is 0 Å². The van der Waals surface area contributed by atoms with Gasteiger partial charge in [-0.1, -0.05) is 0 Å². The molecule has 0 heterocycles. The van der Waals surface area contributed by atoms with Crippen LogP contribution in [0.4, 0.5) is 0 Å². The molecular weight excluding hydrogens is 208 g/mol. The maximum atomic E-state index is 7.14. The summed E-state index contributed by atoms with van der Waals surface area (Å²) < 4.78 is 0. The quantitative estimate of drug-likeness (QED) is 0.415. The molecule has 0 aliphatic heterocycles. The second-order valence-electron chi connectivity index (χ2n) is 0. The van der Waals surface area contributed by atoms with Crippen LogP contribution in [-0.2, 0) is 0 Å². The third-order valence-corrected chi connectivity index (χ3v) is 0. The Balaban J connectivity index is -0.00000000167. The van der Waals surface area contributed by atoms with Crippen molar-refractivity contribution in [3.8, 4) is 0 Å². The largest absolute Gasteiger partial charge is 0.442 e. The Morgan fingerprint density at radius 1 is 1.00 bits per heavy atom. The molecule has 0 aromatic heterocycles. The Morgan fingerprint density at radius 3 is 1.00 bits per heavy atom. The maximum Gasteiger partial charge on any atom is 0.141 e. The molecule has 0 bridgehead atoms. The van der Waals surface area contributed by atoms with Crippen molar-refractivity contribution in [3.63, 3.8) is 0 Å². The molecule has 3 heteroatoms. The molecule has 0 fully saturated rings. The first-order valence-electron chi connectivity index (χ1n) is 0.447. The van der Waals surface area contributed by atoms with Crippen molar-refractivity contribution < 1.29 is 46.5 Å². The average Bonchev–Trinajstić information content (AvgIpc) is 1.00. The molecule has 0 amide bonds. The number of hydrogen-bond acceptors (Lipinski definition) is 1. The van der Waals surface area contributed by atoms with Crippen molar-refractivity contribution in [1.29, 1.82) is 0 Å². The van der Waals surface area contributed by atoms with Crippen molar-refractivity contribution in [1.82, 2.24) is 0 Å². The molecule has 0 radical (unpaired) electrons. The van der Waals surface area contributed by atoms with Gasteiger partial charge in [0.2, 0.25) is 0 Å². The minimum Gasteiger partial charge on any atom is -0.442 e. The molecule has 0 atom stereocenters. The summed E-state index contributed by atoms with van der Waals surface area (Å²) in [6.45, 7) is 0. The molecule has 0 saturated carbocycles. The third kappa shape index (κ3) is 29.1. The van der Waals surface area contributed by atoms with Crippen LogP contribution in [0.25, 0.3) is 0 Å². The van der Waals surface area contributed by atoms with E-state index < -0.39 is 0 Å². The zero-order chi connectivity index (χ0) is 2.00. The van der Waals surface area contributed by atoms with Gasteiger partial charge < -0.3 is 19.6 Å². The van der Waals surface area contributed by atoms with E-state index in [4.69, 9.17) is 4.80 Å². The van der Waals surface area contributed by atoms with E-state index in [0.29, 0.717) is 10.5 Å². The van der Waals surface area contributed by atoms with Crippen LogP contribution < -0.4 is 0 Å². The standard InChI is InChI=1S/2CH3.Ce.H4OSi/c;;;1-2/h2*1H3;;1H,2H3/q2*-1;;. The first kappa shape index (κ1) is 31.0. The van der Waals surface area contributed by atoms with Crippen molar-refractivity contribution in [2.45, 2.75) is 0 Å². The van der Waals surface area contributed by atoms with Gasteiger partial charge >= 0.3 is 0 Å². The molecule has 0 rings (SSSR count).